The topological polar surface area (TPSA) is 141 Å². The van der Waals surface area contributed by atoms with Crippen LogP contribution in [0.2, 0.25) is 0 Å². The van der Waals surface area contributed by atoms with Gasteiger partial charge in [-0.1, -0.05) is 69.3 Å². The zero-order chi connectivity index (χ0) is 39.6. The lowest BCUT2D eigenvalue weighted by atomic mass is 9.92. The van der Waals surface area contributed by atoms with E-state index in [2.05, 4.69) is 57.9 Å². The largest absolute Gasteiger partial charge is 0.488 e. The first-order valence-corrected chi connectivity index (χ1v) is 19.4. The fourth-order valence-electron chi connectivity index (χ4n) is 7.14. The Morgan fingerprint density at radius 2 is 1.75 bits per heavy atom. The summed E-state index contributed by atoms with van der Waals surface area (Å²) >= 11 is 0. The zero-order valence-electron chi connectivity index (χ0n) is 32.9. The highest BCUT2D eigenvalue weighted by atomic mass is 16.5. The Balaban J connectivity index is 1.21. The van der Waals surface area contributed by atoms with E-state index in [1.165, 1.54) is 7.11 Å². The summed E-state index contributed by atoms with van der Waals surface area (Å²) in [5.41, 5.74) is 7.34. The van der Waals surface area contributed by atoms with E-state index >= 15 is 0 Å². The maximum Gasteiger partial charge on any atom is 0.407 e. The second kappa shape index (κ2) is 18.4. The van der Waals surface area contributed by atoms with Crippen molar-refractivity contribution in [3.05, 3.63) is 95.9 Å². The first-order chi connectivity index (χ1) is 27.3. The summed E-state index contributed by atoms with van der Waals surface area (Å²) in [6, 6.07) is 22.8. The molecular formula is C44H51N7O5. The molecule has 1 aromatic heterocycles. The zero-order valence-corrected chi connectivity index (χ0v) is 32.9. The van der Waals surface area contributed by atoms with Gasteiger partial charge in [0.2, 0.25) is 11.8 Å². The molecule has 2 heterocycles. The normalized spacial score (nSPS) is 12.4. The van der Waals surface area contributed by atoms with Crippen molar-refractivity contribution >= 4 is 46.3 Å². The second-order valence-corrected chi connectivity index (χ2v) is 13.8. The predicted octanol–water partition coefficient (Wildman–Crippen LogP) is 8.41. The van der Waals surface area contributed by atoms with Gasteiger partial charge < -0.3 is 34.9 Å². The summed E-state index contributed by atoms with van der Waals surface area (Å²) in [5, 5.41) is 8.02. The van der Waals surface area contributed by atoms with Crippen LogP contribution in [0.4, 0.5) is 16.2 Å². The monoisotopic (exact) mass is 757 g/mol. The molecule has 1 aliphatic rings. The average Bonchev–Trinajstić information content (AvgIpc) is 3.70. The van der Waals surface area contributed by atoms with E-state index in [9.17, 15) is 14.4 Å². The van der Waals surface area contributed by atoms with Gasteiger partial charge in [-0.05, 0) is 71.2 Å². The van der Waals surface area contributed by atoms with Gasteiger partial charge in [-0.15, -0.1) is 0 Å². The number of carbonyl (C=O) groups is 3. The average molecular weight is 758 g/mol. The number of imidazole rings is 1. The van der Waals surface area contributed by atoms with Crippen LogP contribution in [-0.4, -0.2) is 77.7 Å². The molecule has 292 valence electrons. The maximum absolute atomic E-state index is 13.8. The van der Waals surface area contributed by atoms with Crippen molar-refractivity contribution < 1.29 is 23.9 Å². The standard InChI is InChI=1S/C44H51N7O5/c1-6-12-40(52)51(21-8-3)27-39-47-26-37(48-39)31-15-17-33-32(23-31)28-56-38-25-34-30(24-35(33)38)16-18-36(42(34)45-4)46-19-22-50(20-7-2)43(53)41(49-44(54)55-5)29-13-10-9-11-14-29/h9-11,13-19,23-26,41,45H,6-8,12,20-22,27-28H2,1-5H3,(H,47,48)(H,49,54)/t41-/m1/s1. The predicted molar refractivity (Wildman–Crippen MR) is 221 cm³/mol. The summed E-state index contributed by atoms with van der Waals surface area (Å²) in [5.74, 6) is 1.46. The molecule has 5 aromatic rings. The van der Waals surface area contributed by atoms with Crippen LogP contribution in [0.1, 0.15) is 69.4 Å². The molecule has 3 N–H and O–H groups in total. The van der Waals surface area contributed by atoms with E-state index in [0.717, 1.165) is 80.9 Å². The molecule has 1 atom stereocenters. The highest BCUT2D eigenvalue weighted by Crippen LogP contribution is 2.44. The van der Waals surface area contributed by atoms with Crippen molar-refractivity contribution in [2.75, 3.05) is 39.1 Å². The van der Waals surface area contributed by atoms with E-state index in [-0.39, 0.29) is 18.4 Å². The Labute approximate surface area is 328 Å². The minimum Gasteiger partial charge on any atom is -0.488 e. The molecule has 0 radical (unpaired) electrons. The molecule has 0 saturated carbocycles. The molecule has 0 saturated heterocycles. The van der Waals surface area contributed by atoms with Crippen LogP contribution in [0.25, 0.3) is 33.2 Å². The number of hydrogen-bond donors (Lipinski definition) is 3. The molecule has 3 amide bonds. The second-order valence-electron chi connectivity index (χ2n) is 13.8. The number of nitrogens with one attached hydrogen (secondary N) is 3. The third kappa shape index (κ3) is 8.86. The molecule has 0 bridgehead atoms. The van der Waals surface area contributed by atoms with Crippen LogP contribution in [0.15, 0.2) is 84.0 Å². The number of H-pyrrole nitrogens is 1. The van der Waals surface area contributed by atoms with Crippen LogP contribution in [-0.2, 0) is 27.5 Å². The number of aliphatic imine (C=N–C) groups is 1. The number of nitrogens with zero attached hydrogens (tertiary/aromatic N) is 4. The fraction of sp³-hybridized carbons (Fsp3) is 0.341. The van der Waals surface area contributed by atoms with E-state index in [1.54, 1.807) is 11.1 Å². The number of methoxy groups -OCH3 is 1. The van der Waals surface area contributed by atoms with Crippen molar-refractivity contribution in [3.8, 4) is 28.1 Å². The van der Waals surface area contributed by atoms with Crippen molar-refractivity contribution in [3.63, 3.8) is 0 Å². The number of carbonyl (C=O) groups excluding carboxylic acids is 3. The Kier molecular flexibility index (Phi) is 13.0. The number of alkyl carbamates (subject to hydrolysis) is 1. The van der Waals surface area contributed by atoms with Crippen molar-refractivity contribution in [1.29, 1.82) is 0 Å². The number of ether oxygens (including phenoxy) is 2. The molecule has 12 nitrogen and oxygen atoms in total. The van der Waals surface area contributed by atoms with E-state index in [4.69, 9.17) is 14.5 Å². The number of aromatic nitrogens is 2. The summed E-state index contributed by atoms with van der Waals surface area (Å²) in [6.45, 7) is 8.43. The molecule has 0 unspecified atom stereocenters. The van der Waals surface area contributed by atoms with Crippen LogP contribution >= 0.6 is 0 Å². The van der Waals surface area contributed by atoms with Gasteiger partial charge in [0, 0.05) is 43.7 Å². The lowest BCUT2D eigenvalue weighted by Gasteiger charge is -2.26. The Morgan fingerprint density at radius 3 is 2.48 bits per heavy atom. The molecule has 12 heteroatoms. The van der Waals surface area contributed by atoms with Gasteiger partial charge in [0.1, 0.15) is 24.2 Å². The quantitative estimate of drug-likeness (QED) is 0.0859. The summed E-state index contributed by atoms with van der Waals surface area (Å²) in [6.07, 6.45) is 5.88. The molecule has 4 aromatic carbocycles. The molecule has 1 aliphatic heterocycles. The summed E-state index contributed by atoms with van der Waals surface area (Å²) in [4.78, 5) is 55.0. The lowest BCUT2D eigenvalue weighted by Crippen LogP contribution is -2.44. The van der Waals surface area contributed by atoms with Gasteiger partial charge in [-0.2, -0.15) is 0 Å². The van der Waals surface area contributed by atoms with Gasteiger partial charge in [-0.3, -0.25) is 14.6 Å². The third-order valence-electron chi connectivity index (χ3n) is 9.88. The molecule has 0 fully saturated rings. The number of fused-ring (bicyclic) bond motifs is 4. The number of hydrogen-bond acceptors (Lipinski definition) is 8. The highest BCUT2D eigenvalue weighted by molar-refractivity contribution is 6.03. The van der Waals surface area contributed by atoms with Gasteiger partial charge in [-0.25, -0.2) is 9.78 Å². The van der Waals surface area contributed by atoms with Crippen LogP contribution < -0.4 is 15.4 Å². The SMILES string of the molecule is CCCC(=O)N(CCC)Cc1ncc(-c2ccc3c(c2)COc2cc4c(NC)c(N=CCN(CCC)C(=O)[C@H](NC(=O)OC)c5ccccc5)ccc4cc2-3)[nH]1. The van der Waals surface area contributed by atoms with Crippen molar-refractivity contribution in [2.24, 2.45) is 4.99 Å². The van der Waals surface area contributed by atoms with Gasteiger partial charge in [0.25, 0.3) is 0 Å². The number of rotatable bonds is 16. The van der Waals surface area contributed by atoms with Gasteiger partial charge in [0.15, 0.2) is 0 Å². The number of anilines is 1. The highest BCUT2D eigenvalue weighted by Gasteiger charge is 2.27. The fourth-order valence-corrected chi connectivity index (χ4v) is 7.14. The molecule has 0 aliphatic carbocycles. The number of benzene rings is 4. The van der Waals surface area contributed by atoms with E-state index in [1.807, 2.05) is 74.5 Å². The van der Waals surface area contributed by atoms with Crippen molar-refractivity contribution in [1.82, 2.24) is 25.1 Å². The Morgan fingerprint density at radius 1 is 0.964 bits per heavy atom. The number of aromatic amines is 1. The Bertz CT molecular complexity index is 2200. The smallest absolute Gasteiger partial charge is 0.407 e. The summed E-state index contributed by atoms with van der Waals surface area (Å²) in [7, 11) is 3.14. The van der Waals surface area contributed by atoms with E-state index < -0.39 is 12.1 Å². The third-order valence-corrected chi connectivity index (χ3v) is 9.88. The molecule has 6 rings (SSSR count). The first-order valence-electron chi connectivity index (χ1n) is 19.4. The lowest BCUT2D eigenvalue weighted by molar-refractivity contribution is -0.133. The maximum atomic E-state index is 13.8. The molecule has 0 spiro atoms. The van der Waals surface area contributed by atoms with Crippen LogP contribution in [0, 0.1) is 0 Å². The van der Waals surface area contributed by atoms with Gasteiger partial charge >= 0.3 is 6.09 Å². The first kappa shape index (κ1) is 39.5. The minimum atomic E-state index is -0.895. The molecular weight excluding hydrogens is 707 g/mol. The van der Waals surface area contributed by atoms with Crippen LogP contribution in [0.5, 0.6) is 5.75 Å². The van der Waals surface area contributed by atoms with Crippen molar-refractivity contribution in [2.45, 2.75) is 65.6 Å². The van der Waals surface area contributed by atoms with Gasteiger partial charge in [0.05, 0.1) is 43.5 Å². The van der Waals surface area contributed by atoms with Crippen LogP contribution in [0.3, 0.4) is 0 Å². The number of amides is 3. The Hall–Kier alpha value is -6.17. The molecule has 56 heavy (non-hydrogen) atoms. The summed E-state index contributed by atoms with van der Waals surface area (Å²) < 4.78 is 11.2. The minimum absolute atomic E-state index is 0.155. The van der Waals surface area contributed by atoms with E-state index in [0.29, 0.717) is 38.2 Å².